The lowest BCUT2D eigenvalue weighted by Gasteiger charge is -2.03. The molecule has 0 aliphatic heterocycles. The molecule has 0 bridgehead atoms. The van der Waals surface area contributed by atoms with Gasteiger partial charge in [-0.05, 0) is 18.2 Å². The summed E-state index contributed by atoms with van der Waals surface area (Å²) in [5, 5.41) is 12.5. The van der Waals surface area contributed by atoms with Crippen molar-refractivity contribution >= 4 is 17.5 Å². The van der Waals surface area contributed by atoms with E-state index in [1.165, 1.54) is 0 Å². The van der Waals surface area contributed by atoms with Gasteiger partial charge in [0, 0.05) is 6.07 Å². The molecule has 8 heteroatoms. The van der Waals surface area contributed by atoms with E-state index in [0.717, 1.165) is 24.3 Å². The number of furan rings is 1. The molecule has 1 aromatic carbocycles. The summed E-state index contributed by atoms with van der Waals surface area (Å²) in [5.74, 6) is -3.59. The first kappa shape index (κ1) is 12.7. The van der Waals surface area contributed by atoms with Gasteiger partial charge in [-0.1, -0.05) is 0 Å². The molecule has 0 saturated heterocycles. The molecule has 2 aromatic rings. The Morgan fingerprint density at radius 2 is 2.00 bits per heavy atom. The zero-order valence-corrected chi connectivity index (χ0v) is 9.22. The van der Waals surface area contributed by atoms with Crippen molar-refractivity contribution in [2.24, 2.45) is 0 Å². The van der Waals surface area contributed by atoms with Crippen LogP contribution in [0.4, 0.5) is 20.4 Å². The lowest BCUT2D eigenvalue weighted by Crippen LogP contribution is -2.12. The number of nitrogens with one attached hydrogen (secondary N) is 1. The van der Waals surface area contributed by atoms with Crippen molar-refractivity contribution in [1.82, 2.24) is 0 Å². The van der Waals surface area contributed by atoms with E-state index in [0.29, 0.717) is 6.07 Å². The van der Waals surface area contributed by atoms with Crippen molar-refractivity contribution in [3.63, 3.8) is 0 Å². The first-order valence-corrected chi connectivity index (χ1v) is 4.98. The van der Waals surface area contributed by atoms with Gasteiger partial charge in [0.15, 0.2) is 5.76 Å². The maximum atomic E-state index is 13.3. The second-order valence-electron chi connectivity index (χ2n) is 3.47. The van der Waals surface area contributed by atoms with Gasteiger partial charge in [0.25, 0.3) is 5.91 Å². The number of carbonyl (C=O) groups excluding carboxylic acids is 1. The van der Waals surface area contributed by atoms with Crippen LogP contribution in [0, 0.1) is 21.7 Å². The number of halogens is 2. The molecular formula is C11H6F2N2O4. The third kappa shape index (κ3) is 2.73. The van der Waals surface area contributed by atoms with Crippen LogP contribution in [-0.2, 0) is 0 Å². The third-order valence-electron chi connectivity index (χ3n) is 2.17. The van der Waals surface area contributed by atoms with Crippen molar-refractivity contribution in [3.8, 4) is 0 Å². The van der Waals surface area contributed by atoms with Crippen LogP contribution >= 0.6 is 0 Å². The van der Waals surface area contributed by atoms with Crippen LogP contribution in [0.2, 0.25) is 0 Å². The van der Waals surface area contributed by atoms with Gasteiger partial charge in [-0.15, -0.1) is 0 Å². The molecular weight excluding hydrogens is 262 g/mol. The van der Waals surface area contributed by atoms with E-state index in [4.69, 9.17) is 0 Å². The van der Waals surface area contributed by atoms with Crippen LogP contribution in [0.3, 0.4) is 0 Å². The van der Waals surface area contributed by atoms with E-state index in [-0.39, 0.29) is 11.4 Å². The molecule has 0 atom stereocenters. The van der Waals surface area contributed by atoms with Crippen LogP contribution in [0.15, 0.2) is 34.7 Å². The van der Waals surface area contributed by atoms with Crippen molar-refractivity contribution in [2.45, 2.75) is 0 Å². The molecule has 0 fully saturated rings. The second-order valence-corrected chi connectivity index (χ2v) is 3.47. The van der Waals surface area contributed by atoms with Crippen LogP contribution in [-0.4, -0.2) is 10.8 Å². The highest BCUT2D eigenvalue weighted by molar-refractivity contribution is 6.02. The molecule has 0 spiro atoms. The Hall–Kier alpha value is -2.77. The minimum Gasteiger partial charge on any atom is -0.395 e. The summed E-state index contributed by atoms with van der Waals surface area (Å²) in [6, 6.07) is 4.66. The van der Waals surface area contributed by atoms with Gasteiger partial charge in [0.2, 0.25) is 0 Å². The summed E-state index contributed by atoms with van der Waals surface area (Å²) in [6.45, 7) is 0. The Kier molecular flexibility index (Phi) is 3.23. The van der Waals surface area contributed by atoms with Crippen molar-refractivity contribution < 1.29 is 22.9 Å². The average Bonchev–Trinajstić information content (AvgIpc) is 2.82. The molecule has 0 radical (unpaired) electrons. The molecule has 0 aliphatic rings. The fraction of sp³-hybridized carbons (Fsp3) is 0. The zero-order chi connectivity index (χ0) is 14.0. The number of nitro groups is 1. The summed E-state index contributed by atoms with van der Waals surface area (Å²) < 4.78 is 30.6. The average molecular weight is 268 g/mol. The minimum absolute atomic E-state index is 0.259. The fourth-order valence-corrected chi connectivity index (χ4v) is 1.32. The molecule has 1 heterocycles. The molecule has 0 unspecified atom stereocenters. The molecule has 2 rings (SSSR count). The van der Waals surface area contributed by atoms with E-state index in [2.05, 4.69) is 9.73 Å². The van der Waals surface area contributed by atoms with Gasteiger partial charge < -0.3 is 9.73 Å². The fourth-order valence-electron chi connectivity index (χ4n) is 1.32. The SMILES string of the molecule is O=C(Nc1ccc(F)cc1F)c1ccc([N+](=O)[O-])o1. The number of rotatable bonds is 3. The third-order valence-corrected chi connectivity index (χ3v) is 2.17. The van der Waals surface area contributed by atoms with Gasteiger partial charge in [-0.3, -0.25) is 14.9 Å². The van der Waals surface area contributed by atoms with E-state index in [9.17, 15) is 23.7 Å². The summed E-state index contributed by atoms with van der Waals surface area (Å²) in [6.07, 6.45) is 0. The Bertz CT molecular complexity index is 654. The number of anilines is 1. The maximum absolute atomic E-state index is 13.3. The van der Waals surface area contributed by atoms with Crippen LogP contribution in [0.5, 0.6) is 0 Å². The number of nitrogens with zero attached hydrogens (tertiary/aromatic N) is 1. The zero-order valence-electron chi connectivity index (χ0n) is 9.22. The van der Waals surface area contributed by atoms with E-state index in [1.807, 2.05) is 0 Å². The van der Waals surface area contributed by atoms with Crippen molar-refractivity contribution in [1.29, 1.82) is 0 Å². The number of carbonyl (C=O) groups is 1. The second kappa shape index (κ2) is 4.84. The van der Waals surface area contributed by atoms with E-state index < -0.39 is 28.3 Å². The Morgan fingerprint density at radius 3 is 2.58 bits per heavy atom. The quantitative estimate of drug-likeness (QED) is 0.685. The van der Waals surface area contributed by atoms with Crippen molar-refractivity contribution in [2.75, 3.05) is 5.32 Å². The van der Waals surface area contributed by atoms with Gasteiger partial charge in [0.1, 0.15) is 16.6 Å². The highest BCUT2D eigenvalue weighted by atomic mass is 19.1. The predicted molar refractivity (Wildman–Crippen MR) is 59.7 cm³/mol. The summed E-state index contributed by atoms with van der Waals surface area (Å²) in [4.78, 5) is 21.2. The molecule has 0 aliphatic carbocycles. The molecule has 1 aromatic heterocycles. The number of amides is 1. The minimum atomic E-state index is -0.964. The topological polar surface area (TPSA) is 85.4 Å². The molecule has 0 saturated carbocycles. The highest BCUT2D eigenvalue weighted by Gasteiger charge is 2.18. The number of hydrogen-bond donors (Lipinski definition) is 1. The normalized spacial score (nSPS) is 10.2. The largest absolute Gasteiger partial charge is 0.433 e. The van der Waals surface area contributed by atoms with Gasteiger partial charge in [-0.25, -0.2) is 8.78 Å². The monoisotopic (exact) mass is 268 g/mol. The number of hydrogen-bond acceptors (Lipinski definition) is 4. The first-order valence-electron chi connectivity index (χ1n) is 4.98. The summed E-state index contributed by atoms with van der Waals surface area (Å²) >= 11 is 0. The van der Waals surface area contributed by atoms with Crippen LogP contribution in [0.1, 0.15) is 10.6 Å². The standard InChI is InChI=1S/C11H6F2N2O4/c12-6-1-2-8(7(13)5-6)14-11(16)9-3-4-10(19-9)15(17)18/h1-5H,(H,14,16). The molecule has 98 valence electrons. The van der Waals surface area contributed by atoms with Gasteiger partial charge in [0.05, 0.1) is 11.8 Å². The number of benzene rings is 1. The molecule has 1 amide bonds. The van der Waals surface area contributed by atoms with Gasteiger partial charge >= 0.3 is 5.88 Å². The molecule has 19 heavy (non-hydrogen) atoms. The predicted octanol–water partition coefficient (Wildman–Crippen LogP) is 2.72. The highest BCUT2D eigenvalue weighted by Crippen LogP contribution is 2.19. The van der Waals surface area contributed by atoms with E-state index in [1.54, 1.807) is 0 Å². The summed E-state index contributed by atoms with van der Waals surface area (Å²) in [7, 11) is 0. The lowest BCUT2D eigenvalue weighted by atomic mass is 10.3. The first-order chi connectivity index (χ1) is 8.97. The van der Waals surface area contributed by atoms with E-state index >= 15 is 0 Å². The molecule has 6 nitrogen and oxygen atoms in total. The van der Waals surface area contributed by atoms with Crippen LogP contribution < -0.4 is 5.32 Å². The smallest absolute Gasteiger partial charge is 0.395 e. The summed E-state index contributed by atoms with van der Waals surface area (Å²) in [5.41, 5.74) is -0.259. The Balaban J connectivity index is 2.18. The lowest BCUT2D eigenvalue weighted by molar-refractivity contribution is -0.402. The Morgan fingerprint density at radius 1 is 1.26 bits per heavy atom. The molecule has 1 N–H and O–H groups in total. The Labute approximate surface area is 104 Å². The maximum Gasteiger partial charge on any atom is 0.433 e. The van der Waals surface area contributed by atoms with Gasteiger partial charge in [-0.2, -0.15) is 0 Å². The van der Waals surface area contributed by atoms with Crippen LogP contribution in [0.25, 0.3) is 0 Å². The van der Waals surface area contributed by atoms with Crippen molar-refractivity contribution in [3.05, 3.63) is 57.8 Å².